The van der Waals surface area contributed by atoms with Crippen LogP contribution in [0, 0.1) is 6.92 Å². The highest BCUT2D eigenvalue weighted by atomic mass is 16.1. The van der Waals surface area contributed by atoms with Crippen molar-refractivity contribution in [2.24, 2.45) is 0 Å². The molecule has 4 heteroatoms. The third-order valence-corrected chi connectivity index (χ3v) is 5.56. The SMILES string of the molecule is CCCCCCCCCCc1nc2ccccc2c(=O)n1-c1ccc(N)cc1C. The van der Waals surface area contributed by atoms with Gasteiger partial charge in [-0.2, -0.15) is 0 Å². The molecular formula is C25H33N3O. The van der Waals surface area contributed by atoms with Crippen molar-refractivity contribution in [2.75, 3.05) is 5.73 Å². The molecule has 0 unspecified atom stereocenters. The Morgan fingerprint density at radius 3 is 2.34 bits per heavy atom. The van der Waals surface area contributed by atoms with E-state index in [1.165, 1.54) is 44.9 Å². The molecule has 2 N–H and O–H groups in total. The molecule has 0 aliphatic carbocycles. The first-order chi connectivity index (χ1) is 14.1. The van der Waals surface area contributed by atoms with E-state index in [1.54, 1.807) is 4.57 Å². The number of nitrogen functional groups attached to an aromatic ring is 1. The molecule has 0 saturated carbocycles. The first kappa shape index (κ1) is 21.1. The minimum absolute atomic E-state index is 0.00182. The molecule has 0 aliphatic heterocycles. The Balaban J connectivity index is 1.83. The Morgan fingerprint density at radius 2 is 1.62 bits per heavy atom. The van der Waals surface area contributed by atoms with Gasteiger partial charge in [-0.15, -0.1) is 0 Å². The number of anilines is 1. The van der Waals surface area contributed by atoms with Gasteiger partial charge in [-0.3, -0.25) is 9.36 Å². The lowest BCUT2D eigenvalue weighted by atomic mass is 10.1. The highest BCUT2D eigenvalue weighted by Gasteiger charge is 2.14. The molecule has 1 heterocycles. The molecule has 3 aromatic rings. The Hall–Kier alpha value is -2.62. The number of aromatic nitrogens is 2. The lowest BCUT2D eigenvalue weighted by Crippen LogP contribution is -2.24. The second-order valence-corrected chi connectivity index (χ2v) is 7.96. The number of fused-ring (bicyclic) bond motifs is 1. The average molecular weight is 392 g/mol. The monoisotopic (exact) mass is 391 g/mol. The van der Waals surface area contributed by atoms with Crippen LogP contribution in [0.5, 0.6) is 0 Å². The summed E-state index contributed by atoms with van der Waals surface area (Å²) in [5.41, 5.74) is 9.26. The van der Waals surface area contributed by atoms with Crippen molar-refractivity contribution >= 4 is 16.6 Å². The normalized spacial score (nSPS) is 11.2. The van der Waals surface area contributed by atoms with Gasteiger partial charge in [-0.1, -0.05) is 64.0 Å². The summed E-state index contributed by atoms with van der Waals surface area (Å²) in [4.78, 5) is 18.2. The topological polar surface area (TPSA) is 60.9 Å². The van der Waals surface area contributed by atoms with Crippen molar-refractivity contribution in [1.82, 2.24) is 9.55 Å². The van der Waals surface area contributed by atoms with Gasteiger partial charge in [-0.25, -0.2) is 4.98 Å². The van der Waals surface area contributed by atoms with Gasteiger partial charge in [0.2, 0.25) is 0 Å². The van der Waals surface area contributed by atoms with Crippen LogP contribution in [0.3, 0.4) is 0 Å². The maximum Gasteiger partial charge on any atom is 0.265 e. The lowest BCUT2D eigenvalue weighted by Gasteiger charge is -2.16. The molecular weight excluding hydrogens is 358 g/mol. The Kier molecular flexibility index (Phi) is 7.45. The van der Waals surface area contributed by atoms with Gasteiger partial charge in [0.1, 0.15) is 5.82 Å². The van der Waals surface area contributed by atoms with E-state index in [0.29, 0.717) is 11.1 Å². The molecule has 0 amide bonds. The maximum absolute atomic E-state index is 13.3. The number of hydrogen-bond donors (Lipinski definition) is 1. The number of rotatable bonds is 10. The summed E-state index contributed by atoms with van der Waals surface area (Å²) in [6.45, 7) is 4.24. The van der Waals surface area contributed by atoms with Gasteiger partial charge < -0.3 is 5.73 Å². The van der Waals surface area contributed by atoms with Crippen molar-refractivity contribution in [3.63, 3.8) is 0 Å². The first-order valence-electron chi connectivity index (χ1n) is 11.0. The zero-order valence-corrected chi connectivity index (χ0v) is 17.8. The van der Waals surface area contributed by atoms with Crippen molar-refractivity contribution in [3.8, 4) is 5.69 Å². The molecule has 3 rings (SSSR count). The zero-order valence-electron chi connectivity index (χ0n) is 17.8. The second-order valence-electron chi connectivity index (χ2n) is 7.96. The summed E-state index contributed by atoms with van der Waals surface area (Å²) in [5.74, 6) is 0.840. The minimum Gasteiger partial charge on any atom is -0.399 e. The molecule has 29 heavy (non-hydrogen) atoms. The quantitative estimate of drug-likeness (QED) is 0.343. The zero-order chi connectivity index (χ0) is 20.6. The van der Waals surface area contributed by atoms with Gasteiger partial charge >= 0.3 is 0 Å². The number of benzene rings is 2. The van der Waals surface area contributed by atoms with Crippen LogP contribution in [0.4, 0.5) is 5.69 Å². The number of para-hydroxylation sites is 1. The molecule has 1 aromatic heterocycles. The van der Waals surface area contributed by atoms with Crippen LogP contribution >= 0.6 is 0 Å². The Bertz CT molecular complexity index is 1010. The summed E-state index contributed by atoms with van der Waals surface area (Å²) < 4.78 is 1.79. The molecule has 0 fully saturated rings. The molecule has 154 valence electrons. The number of hydrogen-bond acceptors (Lipinski definition) is 3. The van der Waals surface area contributed by atoms with Crippen LogP contribution < -0.4 is 11.3 Å². The smallest absolute Gasteiger partial charge is 0.265 e. The van der Waals surface area contributed by atoms with Crippen LogP contribution in [0.2, 0.25) is 0 Å². The van der Waals surface area contributed by atoms with E-state index in [2.05, 4.69) is 6.92 Å². The number of aryl methyl sites for hydroxylation is 2. The third-order valence-electron chi connectivity index (χ3n) is 5.56. The molecule has 2 aromatic carbocycles. The van der Waals surface area contributed by atoms with E-state index in [-0.39, 0.29) is 5.56 Å². The van der Waals surface area contributed by atoms with E-state index in [1.807, 2.05) is 49.4 Å². The van der Waals surface area contributed by atoms with E-state index < -0.39 is 0 Å². The first-order valence-corrected chi connectivity index (χ1v) is 11.0. The molecule has 0 bridgehead atoms. The fourth-order valence-electron chi connectivity index (χ4n) is 3.94. The summed E-state index contributed by atoms with van der Waals surface area (Å²) in [7, 11) is 0. The van der Waals surface area contributed by atoms with Crippen LogP contribution in [0.25, 0.3) is 16.6 Å². The van der Waals surface area contributed by atoms with Crippen molar-refractivity contribution < 1.29 is 0 Å². The molecule has 0 aliphatic rings. The molecule has 0 radical (unpaired) electrons. The summed E-state index contributed by atoms with van der Waals surface area (Å²) in [5, 5.41) is 0.656. The molecule has 0 atom stereocenters. The largest absolute Gasteiger partial charge is 0.399 e. The van der Waals surface area contributed by atoms with Gasteiger partial charge in [-0.05, 0) is 49.2 Å². The number of nitrogens with two attached hydrogens (primary N) is 1. The number of unbranched alkanes of at least 4 members (excludes halogenated alkanes) is 7. The fraction of sp³-hybridized carbons (Fsp3) is 0.440. The van der Waals surface area contributed by atoms with Crippen LogP contribution in [0.1, 0.15) is 69.7 Å². The maximum atomic E-state index is 13.3. The van der Waals surface area contributed by atoms with Gasteiger partial charge in [0, 0.05) is 12.1 Å². The standard InChI is InChI=1S/C25H33N3O/c1-3-4-5-6-7-8-9-10-15-24-27-22-14-12-11-13-21(22)25(29)28(24)23-17-16-20(26)18-19(23)2/h11-14,16-18H,3-10,15,26H2,1-2H3. The van der Waals surface area contributed by atoms with Crippen LogP contribution in [-0.4, -0.2) is 9.55 Å². The predicted octanol–water partition coefficient (Wildman–Crippen LogP) is 5.96. The Labute approximate surface area is 173 Å². The third kappa shape index (κ3) is 5.26. The molecule has 0 saturated heterocycles. The van der Waals surface area contributed by atoms with E-state index in [9.17, 15) is 4.79 Å². The summed E-state index contributed by atoms with van der Waals surface area (Å²) in [6, 6.07) is 13.3. The van der Waals surface area contributed by atoms with Crippen molar-refractivity contribution in [1.29, 1.82) is 0 Å². The Morgan fingerprint density at radius 1 is 0.931 bits per heavy atom. The van der Waals surface area contributed by atoms with Crippen LogP contribution in [-0.2, 0) is 6.42 Å². The number of nitrogens with zero attached hydrogens (tertiary/aromatic N) is 2. The van der Waals surface area contributed by atoms with Gasteiger partial charge in [0.15, 0.2) is 0 Å². The molecule has 4 nitrogen and oxygen atoms in total. The lowest BCUT2D eigenvalue weighted by molar-refractivity contribution is 0.569. The van der Waals surface area contributed by atoms with Gasteiger partial charge in [0.05, 0.1) is 16.6 Å². The average Bonchev–Trinajstić information content (AvgIpc) is 2.71. The summed E-state index contributed by atoms with van der Waals surface area (Å²) >= 11 is 0. The predicted molar refractivity (Wildman–Crippen MR) is 123 cm³/mol. The highest BCUT2D eigenvalue weighted by Crippen LogP contribution is 2.20. The van der Waals surface area contributed by atoms with Crippen molar-refractivity contribution in [2.45, 2.75) is 71.6 Å². The van der Waals surface area contributed by atoms with Crippen molar-refractivity contribution in [3.05, 3.63) is 64.2 Å². The van der Waals surface area contributed by atoms with E-state index in [0.717, 1.165) is 35.4 Å². The summed E-state index contributed by atoms with van der Waals surface area (Å²) in [6.07, 6.45) is 10.9. The highest BCUT2D eigenvalue weighted by molar-refractivity contribution is 5.78. The van der Waals surface area contributed by atoms with E-state index in [4.69, 9.17) is 10.7 Å². The van der Waals surface area contributed by atoms with Gasteiger partial charge in [0.25, 0.3) is 5.56 Å². The second kappa shape index (κ2) is 10.2. The van der Waals surface area contributed by atoms with E-state index >= 15 is 0 Å². The molecule has 0 spiro atoms. The fourth-order valence-corrected chi connectivity index (χ4v) is 3.94. The van der Waals surface area contributed by atoms with Crippen LogP contribution in [0.15, 0.2) is 47.3 Å². The minimum atomic E-state index is -0.00182.